The molecule has 0 aromatic heterocycles. The zero-order valence-electron chi connectivity index (χ0n) is 10.9. The molecule has 1 saturated carbocycles. The second kappa shape index (κ2) is 5.81. The summed E-state index contributed by atoms with van der Waals surface area (Å²) in [7, 11) is 3.19. The Morgan fingerprint density at radius 2 is 1.89 bits per heavy atom. The van der Waals surface area contributed by atoms with Gasteiger partial charge in [-0.3, -0.25) is 0 Å². The fraction of sp³-hybridized carbons (Fsp3) is 0.571. The molecule has 0 spiro atoms. The fourth-order valence-corrected chi connectivity index (χ4v) is 3.09. The fourth-order valence-electron chi connectivity index (χ4n) is 2.73. The zero-order valence-corrected chi connectivity index (χ0v) is 11.7. The van der Waals surface area contributed by atoms with Crippen molar-refractivity contribution in [2.24, 2.45) is 11.7 Å². The number of ether oxygens (including phenoxy) is 2. The lowest BCUT2D eigenvalue weighted by Gasteiger charge is -2.22. The number of halogens is 1. The summed E-state index contributed by atoms with van der Waals surface area (Å²) >= 11 is 6.38. The maximum absolute atomic E-state index is 6.38. The van der Waals surface area contributed by atoms with Crippen LogP contribution >= 0.6 is 11.6 Å². The Morgan fingerprint density at radius 3 is 2.44 bits per heavy atom. The van der Waals surface area contributed by atoms with Crippen LogP contribution in [0.3, 0.4) is 0 Å². The first-order chi connectivity index (χ1) is 8.69. The van der Waals surface area contributed by atoms with E-state index >= 15 is 0 Å². The summed E-state index contributed by atoms with van der Waals surface area (Å²) in [5.41, 5.74) is 7.29. The molecule has 2 N–H and O–H groups in total. The average Bonchev–Trinajstić information content (AvgIpc) is 2.91. The third kappa shape index (κ3) is 2.43. The molecule has 1 aliphatic rings. The molecule has 0 unspecified atom stereocenters. The third-order valence-electron chi connectivity index (χ3n) is 3.78. The molecule has 0 aliphatic heterocycles. The van der Waals surface area contributed by atoms with Gasteiger partial charge in [0.25, 0.3) is 0 Å². The van der Waals surface area contributed by atoms with E-state index in [2.05, 4.69) is 0 Å². The highest BCUT2D eigenvalue weighted by atomic mass is 35.5. The van der Waals surface area contributed by atoms with E-state index in [1.807, 2.05) is 12.1 Å². The van der Waals surface area contributed by atoms with E-state index in [-0.39, 0.29) is 6.04 Å². The highest BCUT2D eigenvalue weighted by Crippen LogP contribution is 2.43. The molecule has 1 atom stereocenters. The largest absolute Gasteiger partial charge is 0.493 e. The normalized spacial score (nSPS) is 17.8. The molecule has 1 fully saturated rings. The Bertz CT molecular complexity index is 417. The van der Waals surface area contributed by atoms with Crippen LogP contribution in [0.5, 0.6) is 11.5 Å². The van der Waals surface area contributed by atoms with Gasteiger partial charge in [-0.2, -0.15) is 0 Å². The molecule has 1 aliphatic carbocycles. The molecule has 0 amide bonds. The van der Waals surface area contributed by atoms with Crippen molar-refractivity contribution < 1.29 is 9.47 Å². The minimum Gasteiger partial charge on any atom is -0.493 e. The first-order valence-corrected chi connectivity index (χ1v) is 6.72. The van der Waals surface area contributed by atoms with Gasteiger partial charge in [-0.05, 0) is 30.4 Å². The second-order valence-corrected chi connectivity index (χ2v) is 5.15. The Kier molecular flexibility index (Phi) is 4.36. The lowest BCUT2D eigenvalue weighted by molar-refractivity contribution is 0.353. The lowest BCUT2D eigenvalue weighted by atomic mass is 9.92. The Balaban J connectivity index is 2.32. The second-order valence-electron chi connectivity index (χ2n) is 4.77. The molecular weight excluding hydrogens is 250 g/mol. The molecule has 0 bridgehead atoms. The van der Waals surface area contributed by atoms with E-state index in [9.17, 15) is 0 Å². The standard InChI is InChI=1S/C14H20ClNO2/c1-17-11-8-7-10(12(15)14(11)18-2)13(16)9-5-3-4-6-9/h7-9,13H,3-6,16H2,1-2H3/t13-/m1/s1. The van der Waals surface area contributed by atoms with Gasteiger partial charge in [0.05, 0.1) is 19.2 Å². The Morgan fingerprint density at radius 1 is 1.22 bits per heavy atom. The molecule has 3 nitrogen and oxygen atoms in total. The Hall–Kier alpha value is -0.930. The van der Waals surface area contributed by atoms with Crippen LogP contribution in [0.4, 0.5) is 0 Å². The first kappa shape index (κ1) is 13.5. The monoisotopic (exact) mass is 269 g/mol. The van der Waals surface area contributed by atoms with Gasteiger partial charge in [-0.1, -0.05) is 30.5 Å². The smallest absolute Gasteiger partial charge is 0.179 e. The maximum atomic E-state index is 6.38. The summed E-state index contributed by atoms with van der Waals surface area (Å²) in [6.07, 6.45) is 4.91. The summed E-state index contributed by atoms with van der Waals surface area (Å²) in [5.74, 6) is 1.75. The van der Waals surface area contributed by atoms with E-state index < -0.39 is 0 Å². The van der Waals surface area contributed by atoms with Gasteiger partial charge >= 0.3 is 0 Å². The van der Waals surface area contributed by atoms with Crippen molar-refractivity contribution in [3.05, 3.63) is 22.7 Å². The van der Waals surface area contributed by atoms with Gasteiger partial charge in [0.1, 0.15) is 0 Å². The van der Waals surface area contributed by atoms with Crippen molar-refractivity contribution in [2.45, 2.75) is 31.7 Å². The third-order valence-corrected chi connectivity index (χ3v) is 4.17. The van der Waals surface area contributed by atoms with Gasteiger partial charge in [0.2, 0.25) is 0 Å². The minimum atomic E-state index is -0.0141. The summed E-state index contributed by atoms with van der Waals surface area (Å²) in [6.45, 7) is 0. The van der Waals surface area contributed by atoms with E-state index in [0.29, 0.717) is 22.4 Å². The number of hydrogen-bond donors (Lipinski definition) is 1. The lowest BCUT2D eigenvalue weighted by Crippen LogP contribution is -2.19. The number of rotatable bonds is 4. The number of hydrogen-bond acceptors (Lipinski definition) is 3. The molecule has 4 heteroatoms. The predicted molar refractivity (Wildman–Crippen MR) is 73.4 cm³/mol. The van der Waals surface area contributed by atoms with Crippen LogP contribution in [-0.4, -0.2) is 14.2 Å². The maximum Gasteiger partial charge on any atom is 0.179 e. The van der Waals surface area contributed by atoms with E-state index in [4.69, 9.17) is 26.8 Å². The van der Waals surface area contributed by atoms with Crippen LogP contribution in [0.15, 0.2) is 12.1 Å². The van der Waals surface area contributed by atoms with Crippen molar-refractivity contribution in [1.29, 1.82) is 0 Å². The van der Waals surface area contributed by atoms with Gasteiger partial charge in [-0.25, -0.2) is 0 Å². The van der Waals surface area contributed by atoms with Crippen LogP contribution < -0.4 is 15.2 Å². The summed E-state index contributed by atoms with van der Waals surface area (Å²) in [6, 6.07) is 3.81. The zero-order chi connectivity index (χ0) is 13.1. The average molecular weight is 270 g/mol. The molecular formula is C14H20ClNO2. The molecule has 1 aromatic rings. The van der Waals surface area contributed by atoms with Crippen molar-refractivity contribution >= 4 is 11.6 Å². The molecule has 0 saturated heterocycles. The number of benzene rings is 1. The van der Waals surface area contributed by atoms with Gasteiger partial charge < -0.3 is 15.2 Å². The van der Waals surface area contributed by atoms with Crippen molar-refractivity contribution in [1.82, 2.24) is 0 Å². The van der Waals surface area contributed by atoms with Crippen LogP contribution in [0.1, 0.15) is 37.3 Å². The Labute approximate surface area is 113 Å². The van der Waals surface area contributed by atoms with Crippen molar-refractivity contribution in [3.8, 4) is 11.5 Å². The van der Waals surface area contributed by atoms with Crippen LogP contribution in [0.2, 0.25) is 5.02 Å². The highest BCUT2D eigenvalue weighted by Gasteiger charge is 2.26. The van der Waals surface area contributed by atoms with Crippen molar-refractivity contribution in [3.63, 3.8) is 0 Å². The molecule has 18 heavy (non-hydrogen) atoms. The van der Waals surface area contributed by atoms with E-state index in [0.717, 1.165) is 5.56 Å². The molecule has 0 radical (unpaired) electrons. The topological polar surface area (TPSA) is 44.5 Å². The number of methoxy groups -OCH3 is 2. The van der Waals surface area contributed by atoms with Gasteiger partial charge in [0, 0.05) is 6.04 Å². The van der Waals surface area contributed by atoms with Crippen LogP contribution in [-0.2, 0) is 0 Å². The van der Waals surface area contributed by atoms with Crippen LogP contribution in [0.25, 0.3) is 0 Å². The molecule has 100 valence electrons. The summed E-state index contributed by atoms with van der Waals surface area (Å²) in [4.78, 5) is 0. The highest BCUT2D eigenvalue weighted by molar-refractivity contribution is 6.33. The predicted octanol–water partition coefficient (Wildman–Crippen LogP) is 3.55. The van der Waals surface area contributed by atoms with E-state index in [1.54, 1.807) is 14.2 Å². The van der Waals surface area contributed by atoms with Gasteiger partial charge in [0.15, 0.2) is 11.5 Å². The minimum absolute atomic E-state index is 0.0141. The quantitative estimate of drug-likeness (QED) is 0.909. The van der Waals surface area contributed by atoms with Crippen LogP contribution in [0, 0.1) is 5.92 Å². The summed E-state index contributed by atoms with van der Waals surface area (Å²) in [5, 5.41) is 0.580. The first-order valence-electron chi connectivity index (χ1n) is 6.35. The number of nitrogens with two attached hydrogens (primary N) is 1. The molecule has 2 rings (SSSR count). The molecule has 0 heterocycles. The van der Waals surface area contributed by atoms with E-state index in [1.165, 1.54) is 25.7 Å². The van der Waals surface area contributed by atoms with Gasteiger partial charge in [-0.15, -0.1) is 0 Å². The van der Waals surface area contributed by atoms with Crippen molar-refractivity contribution in [2.75, 3.05) is 14.2 Å². The summed E-state index contributed by atoms with van der Waals surface area (Å²) < 4.78 is 10.5. The molecule has 1 aromatic carbocycles. The SMILES string of the molecule is COc1ccc([C@H](N)C2CCCC2)c(Cl)c1OC.